The average molecular weight is 310 g/mol. The second-order valence-electron chi connectivity index (χ2n) is 8.22. The lowest BCUT2D eigenvalue weighted by Gasteiger charge is -2.50. The van der Waals surface area contributed by atoms with E-state index in [2.05, 4.69) is 18.2 Å². The highest BCUT2D eigenvalue weighted by Gasteiger charge is 2.49. The van der Waals surface area contributed by atoms with Gasteiger partial charge in [0.2, 0.25) is 0 Å². The zero-order chi connectivity index (χ0) is 15.7. The van der Waals surface area contributed by atoms with Crippen LogP contribution in [0.1, 0.15) is 77.0 Å². The van der Waals surface area contributed by atoms with Crippen molar-refractivity contribution >= 4 is 6.29 Å². The number of fused-ring (bicyclic) bond motifs is 1. The molecule has 1 nitrogen and oxygen atoms in total. The zero-order valence-electron chi connectivity index (χ0n) is 14.4. The molecule has 2 unspecified atom stereocenters. The fraction of sp³-hybridized carbons (Fsp3) is 0.682. The molecule has 0 radical (unpaired) electrons. The summed E-state index contributed by atoms with van der Waals surface area (Å²) >= 11 is 0. The van der Waals surface area contributed by atoms with Crippen LogP contribution in [0.3, 0.4) is 0 Å². The molecule has 0 aromatic carbocycles. The first-order valence-corrected chi connectivity index (χ1v) is 9.86. The molecule has 4 aliphatic rings. The lowest BCUT2D eigenvalue weighted by atomic mass is 9.53. The minimum atomic E-state index is -0.0160. The van der Waals surface area contributed by atoms with Crippen molar-refractivity contribution in [1.82, 2.24) is 0 Å². The van der Waals surface area contributed by atoms with Crippen molar-refractivity contribution in [2.45, 2.75) is 77.0 Å². The van der Waals surface area contributed by atoms with E-state index in [1.54, 1.807) is 16.7 Å². The van der Waals surface area contributed by atoms with Gasteiger partial charge in [-0.2, -0.15) is 0 Å². The number of allylic oxidation sites excluding steroid dienone is 6. The molecule has 0 saturated heterocycles. The third-order valence-corrected chi connectivity index (χ3v) is 7.16. The molecule has 0 aromatic heterocycles. The average Bonchev–Trinajstić information content (AvgIpc) is 2.83. The topological polar surface area (TPSA) is 17.1 Å². The number of rotatable bonds is 2. The number of carbonyl (C=O) groups excluding carboxylic acids is 1. The van der Waals surface area contributed by atoms with Gasteiger partial charge in [-0.15, -0.1) is 0 Å². The molecule has 4 aliphatic carbocycles. The van der Waals surface area contributed by atoms with Crippen LogP contribution in [0.2, 0.25) is 0 Å². The molecule has 2 fully saturated rings. The van der Waals surface area contributed by atoms with Crippen LogP contribution in [-0.2, 0) is 4.79 Å². The Labute approximate surface area is 140 Å². The fourth-order valence-corrected chi connectivity index (χ4v) is 5.99. The van der Waals surface area contributed by atoms with Gasteiger partial charge in [0.25, 0.3) is 0 Å². The van der Waals surface area contributed by atoms with Crippen LogP contribution in [0.15, 0.2) is 34.9 Å². The Hall–Kier alpha value is -1.11. The molecule has 0 aromatic rings. The highest BCUT2D eigenvalue weighted by atomic mass is 16.1. The van der Waals surface area contributed by atoms with E-state index < -0.39 is 0 Å². The summed E-state index contributed by atoms with van der Waals surface area (Å²) in [6.07, 6.45) is 23.5. The number of aldehydes is 1. The second kappa shape index (κ2) is 6.42. The Morgan fingerprint density at radius 1 is 1.04 bits per heavy atom. The van der Waals surface area contributed by atoms with Gasteiger partial charge in [0, 0.05) is 5.41 Å². The van der Waals surface area contributed by atoms with Gasteiger partial charge in [-0.1, -0.05) is 48.6 Å². The molecule has 3 atom stereocenters. The van der Waals surface area contributed by atoms with Crippen LogP contribution >= 0.6 is 0 Å². The van der Waals surface area contributed by atoms with E-state index in [1.807, 2.05) is 0 Å². The molecule has 1 heteroatoms. The maximum absolute atomic E-state index is 12.3. The van der Waals surface area contributed by atoms with E-state index in [4.69, 9.17) is 0 Å². The van der Waals surface area contributed by atoms with Crippen LogP contribution in [0.5, 0.6) is 0 Å². The first kappa shape index (κ1) is 15.4. The fourth-order valence-electron chi connectivity index (χ4n) is 5.99. The van der Waals surface area contributed by atoms with Crippen molar-refractivity contribution in [2.75, 3.05) is 0 Å². The summed E-state index contributed by atoms with van der Waals surface area (Å²) in [6, 6.07) is 0. The predicted molar refractivity (Wildman–Crippen MR) is 95.1 cm³/mol. The van der Waals surface area contributed by atoms with Gasteiger partial charge < -0.3 is 4.79 Å². The second-order valence-corrected chi connectivity index (χ2v) is 8.22. The van der Waals surface area contributed by atoms with Crippen molar-refractivity contribution < 1.29 is 4.79 Å². The van der Waals surface area contributed by atoms with Crippen molar-refractivity contribution in [3.05, 3.63) is 34.9 Å². The van der Waals surface area contributed by atoms with Gasteiger partial charge in [0.15, 0.2) is 0 Å². The molecule has 0 spiro atoms. The first-order chi connectivity index (χ1) is 11.3. The molecule has 0 amide bonds. The molecular weight excluding hydrogens is 280 g/mol. The lowest BCUT2D eigenvalue weighted by molar-refractivity contribution is -0.127. The SMILES string of the molecule is O=C[C@@]12CCCCC1CCCC2C1=CCCC2=C(CCC=C2)C1. The van der Waals surface area contributed by atoms with E-state index >= 15 is 0 Å². The van der Waals surface area contributed by atoms with Crippen molar-refractivity contribution in [2.24, 2.45) is 17.3 Å². The van der Waals surface area contributed by atoms with E-state index in [9.17, 15) is 4.79 Å². The van der Waals surface area contributed by atoms with Crippen molar-refractivity contribution in [3.63, 3.8) is 0 Å². The largest absolute Gasteiger partial charge is 0.303 e. The van der Waals surface area contributed by atoms with Gasteiger partial charge in [-0.25, -0.2) is 0 Å². The summed E-state index contributed by atoms with van der Waals surface area (Å²) in [6.45, 7) is 0. The van der Waals surface area contributed by atoms with Crippen LogP contribution in [0.4, 0.5) is 0 Å². The van der Waals surface area contributed by atoms with Gasteiger partial charge in [-0.05, 0) is 75.2 Å². The van der Waals surface area contributed by atoms with Gasteiger partial charge in [0.1, 0.15) is 6.29 Å². The molecular formula is C22H30O. The van der Waals surface area contributed by atoms with Gasteiger partial charge in [-0.3, -0.25) is 0 Å². The Morgan fingerprint density at radius 2 is 1.96 bits per heavy atom. The first-order valence-electron chi connectivity index (χ1n) is 9.86. The summed E-state index contributed by atoms with van der Waals surface area (Å²) in [5.41, 5.74) is 4.88. The van der Waals surface area contributed by atoms with Crippen molar-refractivity contribution in [1.29, 1.82) is 0 Å². The highest BCUT2D eigenvalue weighted by molar-refractivity contribution is 5.62. The third-order valence-electron chi connectivity index (χ3n) is 7.16. The molecule has 4 rings (SSSR count). The maximum atomic E-state index is 12.3. The minimum absolute atomic E-state index is 0.0160. The Morgan fingerprint density at radius 3 is 2.87 bits per heavy atom. The van der Waals surface area contributed by atoms with Crippen LogP contribution in [0.25, 0.3) is 0 Å². The van der Waals surface area contributed by atoms with Gasteiger partial charge >= 0.3 is 0 Å². The molecule has 0 N–H and O–H groups in total. The molecule has 2 saturated carbocycles. The van der Waals surface area contributed by atoms with Crippen LogP contribution < -0.4 is 0 Å². The summed E-state index contributed by atoms with van der Waals surface area (Å²) < 4.78 is 0. The zero-order valence-corrected chi connectivity index (χ0v) is 14.4. The highest BCUT2D eigenvalue weighted by Crippen LogP contribution is 2.56. The minimum Gasteiger partial charge on any atom is -0.303 e. The summed E-state index contributed by atoms with van der Waals surface area (Å²) in [5, 5.41) is 0. The molecule has 0 bridgehead atoms. The van der Waals surface area contributed by atoms with E-state index in [1.165, 1.54) is 70.5 Å². The number of hydrogen-bond donors (Lipinski definition) is 0. The van der Waals surface area contributed by atoms with E-state index in [0.29, 0.717) is 11.8 Å². The smallest absolute Gasteiger partial charge is 0.127 e. The quantitative estimate of drug-likeness (QED) is 0.457. The van der Waals surface area contributed by atoms with Crippen LogP contribution in [0, 0.1) is 17.3 Å². The van der Waals surface area contributed by atoms with E-state index in [-0.39, 0.29) is 5.41 Å². The summed E-state index contributed by atoms with van der Waals surface area (Å²) in [5.74, 6) is 1.20. The van der Waals surface area contributed by atoms with Crippen LogP contribution in [-0.4, -0.2) is 6.29 Å². The monoisotopic (exact) mass is 310 g/mol. The van der Waals surface area contributed by atoms with Gasteiger partial charge in [0.05, 0.1) is 0 Å². The molecule has 23 heavy (non-hydrogen) atoms. The normalized spacial score (nSPS) is 37.5. The number of carbonyl (C=O) groups is 1. The van der Waals surface area contributed by atoms with E-state index in [0.717, 1.165) is 12.8 Å². The Kier molecular flexibility index (Phi) is 4.30. The maximum Gasteiger partial charge on any atom is 0.127 e. The number of hydrogen-bond acceptors (Lipinski definition) is 1. The summed E-state index contributed by atoms with van der Waals surface area (Å²) in [7, 11) is 0. The Bertz CT molecular complexity index is 563. The summed E-state index contributed by atoms with van der Waals surface area (Å²) in [4.78, 5) is 12.3. The third kappa shape index (κ3) is 2.66. The standard InChI is InChI=1S/C22H30O/c23-16-22-14-4-3-11-20(22)12-6-13-21(22)19-10-5-9-17-7-1-2-8-18(17)15-19/h1,7,10,16,20-21H,2-6,8-9,11-15H2/t20?,21?,22-/m0/s1. The molecule has 0 heterocycles. The molecule has 0 aliphatic heterocycles. The molecule has 124 valence electrons. The lowest BCUT2D eigenvalue weighted by Crippen LogP contribution is -2.45. The Balaban J connectivity index is 1.65. The predicted octanol–water partition coefficient (Wildman–Crippen LogP) is 5.92. The van der Waals surface area contributed by atoms with Crippen molar-refractivity contribution in [3.8, 4) is 0 Å².